The molecule has 3 aromatic carbocycles. The minimum absolute atomic E-state index is 0.0812. The van der Waals surface area contributed by atoms with E-state index in [0.29, 0.717) is 17.1 Å². The molecule has 0 bridgehead atoms. The van der Waals surface area contributed by atoms with Crippen LogP contribution in [0.3, 0.4) is 0 Å². The van der Waals surface area contributed by atoms with Crippen molar-refractivity contribution in [3.8, 4) is 0 Å². The zero-order valence-corrected chi connectivity index (χ0v) is 23.9. The van der Waals surface area contributed by atoms with Crippen molar-refractivity contribution in [3.05, 3.63) is 94.0 Å². The van der Waals surface area contributed by atoms with Crippen molar-refractivity contribution in [2.45, 2.75) is 51.6 Å². The molecule has 0 saturated carbocycles. The lowest BCUT2D eigenvalue weighted by Crippen LogP contribution is -2.51. The number of sulfonamides is 1. The van der Waals surface area contributed by atoms with Crippen LogP contribution < -0.4 is 9.62 Å². The number of likely N-dealkylation sites (N-methyl/N-ethyl adjacent to an activating group) is 1. The molecule has 0 aliphatic heterocycles. The fraction of sp³-hybridized carbons (Fsp3) is 0.310. The number of carbonyl (C=O) groups is 2. The largest absolute Gasteiger partial charge is 0.357 e. The Hall–Kier alpha value is -3.36. The molecule has 0 heterocycles. The first-order valence-corrected chi connectivity index (χ1v) is 14.2. The highest BCUT2D eigenvalue weighted by molar-refractivity contribution is 7.92. The monoisotopic (exact) mass is 555 g/mol. The maximum Gasteiger partial charge on any atom is 0.264 e. The number of hydrogen-bond acceptors (Lipinski definition) is 4. The number of nitrogens with one attached hydrogen (secondary N) is 1. The van der Waals surface area contributed by atoms with Crippen molar-refractivity contribution in [3.63, 3.8) is 0 Å². The summed E-state index contributed by atoms with van der Waals surface area (Å²) in [5, 5.41) is 3.17. The molecule has 0 saturated heterocycles. The van der Waals surface area contributed by atoms with Crippen molar-refractivity contribution in [1.82, 2.24) is 10.2 Å². The van der Waals surface area contributed by atoms with Crippen molar-refractivity contribution in [2.24, 2.45) is 0 Å². The Labute approximate surface area is 230 Å². The molecule has 9 heteroatoms. The predicted octanol–water partition coefficient (Wildman–Crippen LogP) is 5.01. The smallest absolute Gasteiger partial charge is 0.264 e. The molecule has 0 unspecified atom stereocenters. The van der Waals surface area contributed by atoms with Crippen LogP contribution in [0.5, 0.6) is 0 Å². The Balaban J connectivity index is 2.09. The van der Waals surface area contributed by atoms with Gasteiger partial charge in [-0.1, -0.05) is 54.4 Å². The van der Waals surface area contributed by atoms with E-state index in [-0.39, 0.29) is 17.3 Å². The van der Waals surface area contributed by atoms with Crippen molar-refractivity contribution >= 4 is 39.1 Å². The Kier molecular flexibility index (Phi) is 9.57. The number of amides is 2. The second-order valence-electron chi connectivity index (χ2n) is 9.36. The van der Waals surface area contributed by atoms with E-state index < -0.39 is 28.5 Å². The van der Waals surface area contributed by atoms with Crippen molar-refractivity contribution in [1.29, 1.82) is 0 Å². The third kappa shape index (κ3) is 6.94. The molecule has 0 aliphatic carbocycles. The van der Waals surface area contributed by atoms with Gasteiger partial charge in [-0.3, -0.25) is 13.9 Å². The minimum Gasteiger partial charge on any atom is -0.357 e. The van der Waals surface area contributed by atoms with Gasteiger partial charge in [-0.25, -0.2) is 8.42 Å². The van der Waals surface area contributed by atoms with Crippen LogP contribution in [0.4, 0.5) is 5.69 Å². The molecule has 0 radical (unpaired) electrons. The van der Waals surface area contributed by atoms with Crippen LogP contribution >= 0.6 is 11.6 Å². The summed E-state index contributed by atoms with van der Waals surface area (Å²) in [7, 11) is -2.59. The van der Waals surface area contributed by atoms with E-state index >= 15 is 0 Å². The van der Waals surface area contributed by atoms with E-state index in [1.165, 1.54) is 24.1 Å². The number of hydrogen-bond donors (Lipinski definition) is 1. The SMILES string of the molecule is CC[C@@H](C(=O)NC)N(Cc1ccc(Cl)cc1)C(=O)CN(c1cc(C)cc(C)c1)S(=O)(=O)c1ccc(C)cc1. The minimum atomic E-state index is -4.10. The number of anilines is 1. The predicted molar refractivity (Wildman–Crippen MR) is 152 cm³/mol. The second-order valence-corrected chi connectivity index (χ2v) is 11.7. The Morgan fingerprint density at radius 2 is 1.47 bits per heavy atom. The topological polar surface area (TPSA) is 86.8 Å². The normalized spacial score (nSPS) is 12.1. The van der Waals surface area contributed by atoms with E-state index in [1.807, 2.05) is 33.8 Å². The number of benzene rings is 3. The van der Waals surface area contributed by atoms with Gasteiger partial charge in [0.05, 0.1) is 10.6 Å². The molecule has 7 nitrogen and oxygen atoms in total. The maximum atomic E-state index is 13.9. The quantitative estimate of drug-likeness (QED) is 0.381. The van der Waals surface area contributed by atoms with Gasteiger partial charge in [0.15, 0.2) is 0 Å². The summed E-state index contributed by atoms with van der Waals surface area (Å²) in [6.07, 6.45) is 0.354. The summed E-state index contributed by atoms with van der Waals surface area (Å²) in [5.74, 6) is -0.820. The third-order valence-corrected chi connectivity index (χ3v) is 8.32. The molecule has 0 spiro atoms. The van der Waals surface area contributed by atoms with Crippen LogP contribution in [-0.2, 0) is 26.2 Å². The maximum absolute atomic E-state index is 13.9. The zero-order chi connectivity index (χ0) is 28.0. The fourth-order valence-corrected chi connectivity index (χ4v) is 5.86. The molecule has 1 atom stereocenters. The van der Waals surface area contributed by atoms with Crippen LogP contribution in [0.2, 0.25) is 5.02 Å². The number of halogens is 1. The fourth-order valence-electron chi connectivity index (χ4n) is 4.33. The van der Waals surface area contributed by atoms with Gasteiger partial charge in [-0.15, -0.1) is 0 Å². The molecule has 38 heavy (non-hydrogen) atoms. The van der Waals surface area contributed by atoms with E-state index in [2.05, 4.69) is 5.32 Å². The van der Waals surface area contributed by atoms with Crippen molar-refractivity contribution < 1.29 is 18.0 Å². The molecule has 1 N–H and O–H groups in total. The number of carbonyl (C=O) groups excluding carboxylic acids is 2. The molecular weight excluding hydrogens is 522 g/mol. The highest BCUT2D eigenvalue weighted by Gasteiger charge is 2.33. The van der Waals surface area contributed by atoms with E-state index in [0.717, 1.165) is 26.6 Å². The van der Waals surface area contributed by atoms with Crippen LogP contribution in [0.25, 0.3) is 0 Å². The van der Waals surface area contributed by atoms with Gasteiger partial charge in [0.2, 0.25) is 11.8 Å². The lowest BCUT2D eigenvalue weighted by molar-refractivity contribution is -0.140. The van der Waals surface area contributed by atoms with E-state index in [1.54, 1.807) is 48.5 Å². The van der Waals surface area contributed by atoms with Crippen LogP contribution in [-0.4, -0.2) is 44.8 Å². The van der Waals surface area contributed by atoms with Gasteiger partial charge < -0.3 is 10.2 Å². The Bertz CT molecular complexity index is 1370. The standard InChI is InChI=1S/C29H34ClN3O4S/c1-6-27(29(35)31-5)32(18-23-9-11-24(30)12-10-23)28(34)19-33(25-16-21(3)15-22(4)17-25)38(36,37)26-13-7-20(2)8-14-26/h7-17,27H,6,18-19H2,1-5H3,(H,31,35)/t27-/m0/s1. The molecule has 3 rings (SSSR count). The molecular formula is C29H34ClN3O4S. The lowest BCUT2D eigenvalue weighted by Gasteiger charge is -2.33. The Morgan fingerprint density at radius 3 is 2.00 bits per heavy atom. The van der Waals surface area contributed by atoms with Gasteiger partial charge in [0.1, 0.15) is 12.6 Å². The van der Waals surface area contributed by atoms with Crippen LogP contribution in [0.1, 0.15) is 35.6 Å². The zero-order valence-electron chi connectivity index (χ0n) is 22.4. The van der Waals surface area contributed by atoms with Crippen molar-refractivity contribution in [2.75, 3.05) is 17.9 Å². The highest BCUT2D eigenvalue weighted by atomic mass is 35.5. The third-order valence-electron chi connectivity index (χ3n) is 6.28. The van der Waals surface area contributed by atoms with Gasteiger partial charge in [0.25, 0.3) is 10.0 Å². The van der Waals surface area contributed by atoms with E-state index in [9.17, 15) is 18.0 Å². The molecule has 2 amide bonds. The van der Waals surface area contributed by atoms with Gasteiger partial charge in [-0.2, -0.15) is 0 Å². The van der Waals surface area contributed by atoms with E-state index in [4.69, 9.17) is 11.6 Å². The molecule has 0 aromatic heterocycles. The van der Waals surface area contributed by atoms with Gasteiger partial charge >= 0.3 is 0 Å². The Morgan fingerprint density at radius 1 is 0.895 bits per heavy atom. The summed E-state index contributed by atoms with van der Waals surface area (Å²) in [5.41, 5.74) is 3.81. The van der Waals surface area contributed by atoms with Crippen LogP contribution in [0, 0.1) is 20.8 Å². The molecule has 3 aromatic rings. The lowest BCUT2D eigenvalue weighted by atomic mass is 10.1. The summed E-state index contributed by atoms with van der Waals surface area (Å²) in [6, 6.07) is 18.1. The summed E-state index contributed by atoms with van der Waals surface area (Å²) >= 11 is 6.04. The highest BCUT2D eigenvalue weighted by Crippen LogP contribution is 2.27. The van der Waals surface area contributed by atoms with Crippen LogP contribution in [0.15, 0.2) is 71.6 Å². The average Bonchev–Trinajstić information content (AvgIpc) is 2.87. The first-order chi connectivity index (χ1) is 18.0. The number of nitrogens with zero attached hydrogens (tertiary/aromatic N) is 2. The first kappa shape index (κ1) is 29.2. The average molecular weight is 556 g/mol. The summed E-state index contributed by atoms with van der Waals surface area (Å²) in [4.78, 5) is 28.2. The number of rotatable bonds is 10. The second kappa shape index (κ2) is 12.5. The molecule has 202 valence electrons. The molecule has 0 fully saturated rings. The summed E-state index contributed by atoms with van der Waals surface area (Å²) < 4.78 is 29.0. The van der Waals surface area contributed by atoms with Gasteiger partial charge in [0, 0.05) is 18.6 Å². The van der Waals surface area contributed by atoms with Gasteiger partial charge in [-0.05, 0) is 80.3 Å². The summed E-state index contributed by atoms with van der Waals surface area (Å²) in [6.45, 7) is 7.08. The molecule has 0 aliphatic rings. The first-order valence-electron chi connectivity index (χ1n) is 12.4. The number of aryl methyl sites for hydroxylation is 3.